The molecule has 0 aliphatic heterocycles. The maximum Gasteiger partial charge on any atom is 0.155 e. The Hall–Kier alpha value is -2.99. The number of benzene rings is 1. The van der Waals surface area contributed by atoms with Crippen LogP contribution in [0.1, 0.15) is 35.3 Å². The number of aryl methyl sites for hydroxylation is 2. The lowest BCUT2D eigenvalue weighted by atomic mass is 10.1. The first-order valence-corrected chi connectivity index (χ1v) is 8.74. The van der Waals surface area contributed by atoms with E-state index in [0.717, 1.165) is 17.9 Å². The molecule has 0 spiro atoms. The van der Waals surface area contributed by atoms with E-state index in [1.54, 1.807) is 11.0 Å². The molecule has 1 aromatic carbocycles. The molecular formula is C20H22N6. The summed E-state index contributed by atoms with van der Waals surface area (Å²) in [5.41, 5.74) is 6.17. The van der Waals surface area contributed by atoms with E-state index in [-0.39, 0.29) is 6.04 Å². The summed E-state index contributed by atoms with van der Waals surface area (Å²) in [6.45, 7) is 7.24. The molecule has 3 aromatic heterocycles. The normalized spacial score (nSPS) is 12.6. The topological polar surface area (TPSA) is 71.4 Å². The van der Waals surface area contributed by atoms with E-state index < -0.39 is 0 Å². The van der Waals surface area contributed by atoms with Crippen molar-refractivity contribution in [3.05, 3.63) is 71.6 Å². The van der Waals surface area contributed by atoms with E-state index >= 15 is 0 Å². The van der Waals surface area contributed by atoms with Crippen molar-refractivity contribution in [1.82, 2.24) is 30.0 Å². The van der Waals surface area contributed by atoms with Crippen LogP contribution in [0.2, 0.25) is 0 Å². The number of hydrogen-bond acceptors (Lipinski definition) is 4. The Morgan fingerprint density at radius 3 is 2.81 bits per heavy atom. The van der Waals surface area contributed by atoms with Crippen LogP contribution in [0, 0.1) is 13.8 Å². The lowest BCUT2D eigenvalue weighted by Crippen LogP contribution is -2.18. The molecule has 0 saturated carbocycles. The Balaban J connectivity index is 1.45. The predicted molar refractivity (Wildman–Crippen MR) is 102 cm³/mol. The number of aromatic nitrogens is 5. The molecule has 0 aliphatic rings. The third-order valence-electron chi connectivity index (χ3n) is 4.91. The number of nitrogens with zero attached hydrogens (tertiary/aromatic N) is 4. The highest BCUT2D eigenvalue weighted by atomic mass is 15.3. The van der Waals surface area contributed by atoms with Gasteiger partial charge in [-0.2, -0.15) is 5.10 Å². The summed E-state index contributed by atoms with van der Waals surface area (Å²) >= 11 is 0. The van der Waals surface area contributed by atoms with Crippen molar-refractivity contribution in [2.45, 2.75) is 33.4 Å². The first-order chi connectivity index (χ1) is 12.6. The number of fused-ring (bicyclic) bond motifs is 1. The molecule has 6 nitrogen and oxygen atoms in total. The molecule has 4 aromatic rings. The van der Waals surface area contributed by atoms with Gasteiger partial charge >= 0.3 is 0 Å². The van der Waals surface area contributed by atoms with Crippen LogP contribution in [0.5, 0.6) is 0 Å². The van der Waals surface area contributed by atoms with Gasteiger partial charge in [-0.1, -0.05) is 12.1 Å². The molecule has 26 heavy (non-hydrogen) atoms. The summed E-state index contributed by atoms with van der Waals surface area (Å²) in [6.07, 6.45) is 5.03. The van der Waals surface area contributed by atoms with E-state index in [4.69, 9.17) is 0 Å². The second-order valence-corrected chi connectivity index (χ2v) is 6.65. The summed E-state index contributed by atoms with van der Waals surface area (Å²) in [5.74, 6) is 0.766. The lowest BCUT2D eigenvalue weighted by molar-refractivity contribution is 0.573. The fourth-order valence-corrected chi connectivity index (χ4v) is 3.12. The monoisotopic (exact) mass is 346 g/mol. The lowest BCUT2D eigenvalue weighted by Gasteiger charge is -2.14. The Morgan fingerprint density at radius 1 is 1.19 bits per heavy atom. The molecule has 1 atom stereocenters. The van der Waals surface area contributed by atoms with Crippen LogP contribution in [-0.2, 0) is 6.54 Å². The highest BCUT2D eigenvalue weighted by molar-refractivity contribution is 5.84. The van der Waals surface area contributed by atoms with Crippen molar-refractivity contribution >= 4 is 10.9 Å². The zero-order valence-corrected chi connectivity index (χ0v) is 15.2. The van der Waals surface area contributed by atoms with E-state index in [0.29, 0.717) is 0 Å². The number of hydrogen-bond donors (Lipinski definition) is 2. The Bertz CT molecular complexity index is 1010. The second kappa shape index (κ2) is 6.72. The SMILES string of the molecule is Cc1[nH]c2ccc(CNC(C)c3ccc(-n4cncn4)nc3)cc2c1C. The van der Waals surface area contributed by atoms with Gasteiger partial charge in [-0.3, -0.25) is 0 Å². The third-order valence-corrected chi connectivity index (χ3v) is 4.91. The molecule has 3 heterocycles. The van der Waals surface area contributed by atoms with Crippen LogP contribution >= 0.6 is 0 Å². The maximum absolute atomic E-state index is 4.47. The van der Waals surface area contributed by atoms with Gasteiger partial charge in [0.05, 0.1) is 0 Å². The molecule has 6 heteroatoms. The molecule has 0 amide bonds. The molecule has 0 bridgehead atoms. The standard InChI is InChI=1S/C20H22N6/c1-13-14(2)25-19-6-4-16(8-18(13)19)9-22-15(3)17-5-7-20(23-10-17)26-12-21-11-24-26/h4-8,10-12,15,22,25H,9H2,1-3H3. The van der Waals surface area contributed by atoms with Crippen LogP contribution in [0.4, 0.5) is 0 Å². The van der Waals surface area contributed by atoms with Crippen molar-refractivity contribution in [2.75, 3.05) is 0 Å². The van der Waals surface area contributed by atoms with Gasteiger partial charge in [0.15, 0.2) is 5.82 Å². The predicted octanol–water partition coefficient (Wildman–Crippen LogP) is 3.61. The number of rotatable bonds is 5. The van der Waals surface area contributed by atoms with Crippen molar-refractivity contribution in [2.24, 2.45) is 0 Å². The Kier molecular flexibility index (Phi) is 4.26. The molecule has 0 aliphatic carbocycles. The van der Waals surface area contributed by atoms with Gasteiger partial charge in [0, 0.05) is 35.4 Å². The molecule has 0 fully saturated rings. The van der Waals surface area contributed by atoms with Gasteiger partial charge < -0.3 is 10.3 Å². The summed E-state index contributed by atoms with van der Waals surface area (Å²) in [5, 5.41) is 8.97. The summed E-state index contributed by atoms with van der Waals surface area (Å²) < 4.78 is 1.65. The fourth-order valence-electron chi connectivity index (χ4n) is 3.12. The highest BCUT2D eigenvalue weighted by Gasteiger charge is 2.08. The van der Waals surface area contributed by atoms with E-state index in [2.05, 4.69) is 70.4 Å². The maximum atomic E-state index is 4.47. The Morgan fingerprint density at radius 2 is 2.08 bits per heavy atom. The fraction of sp³-hybridized carbons (Fsp3) is 0.250. The number of pyridine rings is 1. The van der Waals surface area contributed by atoms with Crippen LogP contribution in [-0.4, -0.2) is 24.7 Å². The van der Waals surface area contributed by atoms with Crippen molar-refractivity contribution in [3.8, 4) is 5.82 Å². The summed E-state index contributed by atoms with van der Waals surface area (Å²) in [7, 11) is 0. The second-order valence-electron chi connectivity index (χ2n) is 6.65. The van der Waals surface area contributed by atoms with Crippen LogP contribution in [0.15, 0.2) is 49.2 Å². The van der Waals surface area contributed by atoms with Crippen LogP contribution < -0.4 is 5.32 Å². The molecule has 132 valence electrons. The van der Waals surface area contributed by atoms with Crippen molar-refractivity contribution in [1.29, 1.82) is 0 Å². The quantitative estimate of drug-likeness (QED) is 0.579. The molecule has 0 saturated heterocycles. The number of H-pyrrole nitrogens is 1. The van der Waals surface area contributed by atoms with Gasteiger partial charge in [0.2, 0.25) is 0 Å². The third kappa shape index (κ3) is 3.11. The Labute approximate surface area is 152 Å². The van der Waals surface area contributed by atoms with Gasteiger partial charge in [-0.05, 0) is 55.7 Å². The van der Waals surface area contributed by atoms with Gasteiger partial charge in [0.25, 0.3) is 0 Å². The van der Waals surface area contributed by atoms with Crippen LogP contribution in [0.3, 0.4) is 0 Å². The zero-order valence-electron chi connectivity index (χ0n) is 15.2. The molecular weight excluding hydrogens is 324 g/mol. The minimum absolute atomic E-state index is 0.206. The average molecular weight is 346 g/mol. The smallest absolute Gasteiger partial charge is 0.155 e. The average Bonchev–Trinajstić information content (AvgIpc) is 3.29. The number of aromatic amines is 1. The summed E-state index contributed by atoms with van der Waals surface area (Å²) in [6, 6.07) is 10.8. The van der Waals surface area contributed by atoms with E-state index in [1.807, 2.05) is 12.3 Å². The van der Waals surface area contributed by atoms with E-state index in [1.165, 1.54) is 34.1 Å². The molecule has 2 N–H and O–H groups in total. The van der Waals surface area contributed by atoms with Crippen molar-refractivity contribution in [3.63, 3.8) is 0 Å². The van der Waals surface area contributed by atoms with Gasteiger partial charge in [-0.25, -0.2) is 14.6 Å². The minimum Gasteiger partial charge on any atom is -0.358 e. The number of nitrogens with one attached hydrogen (secondary N) is 2. The first-order valence-electron chi connectivity index (χ1n) is 8.74. The van der Waals surface area contributed by atoms with Gasteiger partial charge in [0.1, 0.15) is 12.7 Å². The molecule has 1 unspecified atom stereocenters. The zero-order chi connectivity index (χ0) is 18.1. The first kappa shape index (κ1) is 16.5. The van der Waals surface area contributed by atoms with Crippen LogP contribution in [0.25, 0.3) is 16.7 Å². The minimum atomic E-state index is 0.206. The highest BCUT2D eigenvalue weighted by Crippen LogP contribution is 2.23. The van der Waals surface area contributed by atoms with E-state index in [9.17, 15) is 0 Å². The van der Waals surface area contributed by atoms with Crippen molar-refractivity contribution < 1.29 is 0 Å². The largest absolute Gasteiger partial charge is 0.358 e. The van der Waals surface area contributed by atoms with Gasteiger partial charge in [-0.15, -0.1) is 0 Å². The molecule has 0 radical (unpaired) electrons. The summed E-state index contributed by atoms with van der Waals surface area (Å²) in [4.78, 5) is 11.8. The molecule has 4 rings (SSSR count).